The SMILES string of the molecule is Oc1c([C@H](c2cccs2)N2CCCCC2)ccc2cccnc12. The molecule has 1 N–H and O–H groups in total. The van der Waals surface area contributed by atoms with Crippen LogP contribution in [-0.4, -0.2) is 28.1 Å². The van der Waals surface area contributed by atoms with Crippen LogP contribution < -0.4 is 0 Å². The van der Waals surface area contributed by atoms with Crippen LogP contribution in [-0.2, 0) is 0 Å². The molecule has 2 aromatic heterocycles. The van der Waals surface area contributed by atoms with Crippen molar-refractivity contribution in [3.8, 4) is 5.75 Å². The fraction of sp³-hybridized carbons (Fsp3) is 0.316. The summed E-state index contributed by atoms with van der Waals surface area (Å²) >= 11 is 1.76. The predicted octanol–water partition coefficient (Wildman–Crippen LogP) is 4.58. The number of nitrogens with zero attached hydrogens (tertiary/aromatic N) is 2. The maximum absolute atomic E-state index is 10.9. The van der Waals surface area contributed by atoms with Gasteiger partial charge in [-0.3, -0.25) is 9.88 Å². The Kier molecular flexibility index (Phi) is 4.02. The van der Waals surface area contributed by atoms with Gasteiger partial charge in [0.2, 0.25) is 0 Å². The van der Waals surface area contributed by atoms with Gasteiger partial charge < -0.3 is 5.11 Å². The highest BCUT2D eigenvalue weighted by atomic mass is 32.1. The number of pyridine rings is 1. The molecule has 0 saturated carbocycles. The van der Waals surface area contributed by atoms with Gasteiger partial charge in [-0.25, -0.2) is 0 Å². The molecule has 3 aromatic rings. The number of aromatic hydroxyl groups is 1. The van der Waals surface area contributed by atoms with Crippen LogP contribution in [0.5, 0.6) is 5.75 Å². The summed E-state index contributed by atoms with van der Waals surface area (Å²) in [4.78, 5) is 8.17. The van der Waals surface area contributed by atoms with E-state index < -0.39 is 0 Å². The van der Waals surface area contributed by atoms with Crippen molar-refractivity contribution in [1.29, 1.82) is 0 Å². The van der Waals surface area contributed by atoms with Crippen LogP contribution in [0.25, 0.3) is 10.9 Å². The van der Waals surface area contributed by atoms with Gasteiger partial charge in [0.25, 0.3) is 0 Å². The molecule has 1 aromatic carbocycles. The van der Waals surface area contributed by atoms with Crippen molar-refractivity contribution >= 4 is 22.2 Å². The molecule has 118 valence electrons. The van der Waals surface area contributed by atoms with Crippen molar-refractivity contribution < 1.29 is 5.11 Å². The van der Waals surface area contributed by atoms with E-state index in [0.29, 0.717) is 11.3 Å². The fourth-order valence-corrected chi connectivity index (χ4v) is 4.40. The minimum Gasteiger partial charge on any atom is -0.505 e. The first-order valence-corrected chi connectivity index (χ1v) is 9.06. The summed E-state index contributed by atoms with van der Waals surface area (Å²) in [5.41, 5.74) is 1.67. The predicted molar refractivity (Wildman–Crippen MR) is 95.0 cm³/mol. The average molecular weight is 324 g/mol. The first-order valence-electron chi connectivity index (χ1n) is 8.18. The molecule has 0 bridgehead atoms. The molecule has 23 heavy (non-hydrogen) atoms. The van der Waals surface area contributed by atoms with Crippen LogP contribution >= 0.6 is 11.3 Å². The minimum absolute atomic E-state index is 0.127. The fourth-order valence-electron chi connectivity index (χ4n) is 3.52. The van der Waals surface area contributed by atoms with E-state index in [1.807, 2.05) is 12.1 Å². The molecule has 0 aliphatic carbocycles. The van der Waals surface area contributed by atoms with Crippen molar-refractivity contribution in [1.82, 2.24) is 9.88 Å². The Balaban J connectivity index is 1.84. The number of likely N-dealkylation sites (tertiary alicyclic amines) is 1. The van der Waals surface area contributed by atoms with Gasteiger partial charge >= 0.3 is 0 Å². The molecule has 1 saturated heterocycles. The summed E-state index contributed by atoms with van der Waals surface area (Å²) in [7, 11) is 0. The number of thiophene rings is 1. The highest BCUT2D eigenvalue weighted by molar-refractivity contribution is 7.10. The number of phenols is 1. The zero-order valence-corrected chi connectivity index (χ0v) is 13.8. The highest BCUT2D eigenvalue weighted by Crippen LogP contribution is 2.40. The molecule has 3 heterocycles. The van der Waals surface area contributed by atoms with Gasteiger partial charge in [0, 0.05) is 22.0 Å². The molecule has 4 heteroatoms. The number of phenolic OH excluding ortho intramolecular Hbond substituents is 1. The first kappa shape index (κ1) is 14.7. The molecule has 4 rings (SSSR count). The van der Waals surface area contributed by atoms with Crippen LogP contribution in [0.3, 0.4) is 0 Å². The standard InChI is InChI=1S/C19H20N2OS/c22-19-15(9-8-14-6-4-10-20-17(14)19)18(16-7-5-13-23-16)21-11-2-1-3-12-21/h4-10,13,18,22H,1-3,11-12H2/t18-/m1/s1. The molecule has 0 unspecified atom stereocenters. The molecule has 1 fully saturated rings. The van der Waals surface area contributed by atoms with Gasteiger partial charge in [0.1, 0.15) is 11.3 Å². The second-order valence-corrected chi connectivity index (χ2v) is 7.07. The van der Waals surface area contributed by atoms with Crippen molar-refractivity contribution in [2.24, 2.45) is 0 Å². The van der Waals surface area contributed by atoms with Gasteiger partial charge in [-0.1, -0.05) is 30.7 Å². The molecule has 3 nitrogen and oxygen atoms in total. The number of hydrogen-bond acceptors (Lipinski definition) is 4. The molecule has 1 atom stereocenters. The molecule has 0 radical (unpaired) electrons. The Morgan fingerprint density at radius 2 is 1.91 bits per heavy atom. The van der Waals surface area contributed by atoms with Crippen molar-refractivity contribution in [2.45, 2.75) is 25.3 Å². The van der Waals surface area contributed by atoms with Gasteiger partial charge in [0.15, 0.2) is 0 Å². The lowest BCUT2D eigenvalue weighted by Gasteiger charge is -2.34. The van der Waals surface area contributed by atoms with Crippen LogP contribution in [0.4, 0.5) is 0 Å². The van der Waals surface area contributed by atoms with Gasteiger partial charge in [-0.15, -0.1) is 11.3 Å². The number of benzene rings is 1. The number of aromatic nitrogens is 1. The Morgan fingerprint density at radius 3 is 2.70 bits per heavy atom. The second-order valence-electron chi connectivity index (χ2n) is 6.09. The monoisotopic (exact) mass is 324 g/mol. The topological polar surface area (TPSA) is 36.4 Å². The first-order chi connectivity index (χ1) is 11.3. The Hall–Kier alpha value is -1.91. The molecular formula is C19H20N2OS. The van der Waals surface area contributed by atoms with Crippen LogP contribution in [0.1, 0.15) is 35.7 Å². The molecule has 1 aliphatic heterocycles. The molecule has 1 aliphatic rings. The van der Waals surface area contributed by atoms with Crippen molar-refractivity contribution in [2.75, 3.05) is 13.1 Å². The van der Waals surface area contributed by atoms with E-state index in [4.69, 9.17) is 0 Å². The van der Waals surface area contributed by atoms with Crippen molar-refractivity contribution in [3.05, 3.63) is 58.4 Å². The smallest absolute Gasteiger partial charge is 0.146 e. The molecule has 0 spiro atoms. The minimum atomic E-state index is 0.127. The third-order valence-corrected chi connectivity index (χ3v) is 5.57. The second kappa shape index (κ2) is 6.30. The lowest BCUT2D eigenvalue weighted by molar-refractivity contribution is 0.187. The summed E-state index contributed by atoms with van der Waals surface area (Å²) in [6.07, 6.45) is 5.51. The summed E-state index contributed by atoms with van der Waals surface area (Å²) in [5.74, 6) is 0.326. The third-order valence-electron chi connectivity index (χ3n) is 4.64. The normalized spacial score (nSPS) is 17.4. The number of hydrogen-bond donors (Lipinski definition) is 1. The Morgan fingerprint density at radius 1 is 1.04 bits per heavy atom. The molecule has 0 amide bonds. The number of rotatable bonds is 3. The van der Waals surface area contributed by atoms with E-state index in [9.17, 15) is 5.11 Å². The van der Waals surface area contributed by atoms with E-state index in [2.05, 4.69) is 39.5 Å². The van der Waals surface area contributed by atoms with Crippen LogP contribution in [0.2, 0.25) is 0 Å². The van der Waals surface area contributed by atoms with E-state index in [-0.39, 0.29) is 6.04 Å². The highest BCUT2D eigenvalue weighted by Gasteiger charge is 2.27. The van der Waals surface area contributed by atoms with Gasteiger partial charge in [0.05, 0.1) is 6.04 Å². The van der Waals surface area contributed by atoms with E-state index >= 15 is 0 Å². The lowest BCUT2D eigenvalue weighted by Crippen LogP contribution is -2.34. The van der Waals surface area contributed by atoms with E-state index in [1.165, 1.54) is 24.1 Å². The summed E-state index contributed by atoms with van der Waals surface area (Å²) in [5, 5.41) is 14.0. The lowest BCUT2D eigenvalue weighted by atomic mass is 9.98. The largest absolute Gasteiger partial charge is 0.505 e. The quantitative estimate of drug-likeness (QED) is 0.766. The summed E-state index contributed by atoms with van der Waals surface area (Å²) in [6.45, 7) is 2.17. The van der Waals surface area contributed by atoms with Crippen molar-refractivity contribution in [3.63, 3.8) is 0 Å². The number of fused-ring (bicyclic) bond motifs is 1. The zero-order chi connectivity index (χ0) is 15.6. The maximum atomic E-state index is 10.9. The third kappa shape index (κ3) is 2.73. The van der Waals surface area contributed by atoms with E-state index in [1.54, 1.807) is 17.5 Å². The van der Waals surface area contributed by atoms with Crippen LogP contribution in [0, 0.1) is 0 Å². The number of piperidine rings is 1. The zero-order valence-electron chi connectivity index (χ0n) is 13.0. The maximum Gasteiger partial charge on any atom is 0.146 e. The average Bonchev–Trinajstić information content (AvgIpc) is 3.13. The summed E-state index contributed by atoms with van der Waals surface area (Å²) in [6, 6.07) is 12.4. The Labute approximate surface area is 140 Å². The Bertz CT molecular complexity index is 794. The summed E-state index contributed by atoms with van der Waals surface area (Å²) < 4.78 is 0. The van der Waals surface area contributed by atoms with Gasteiger partial charge in [-0.05, 0) is 43.4 Å². The van der Waals surface area contributed by atoms with E-state index in [0.717, 1.165) is 24.0 Å². The van der Waals surface area contributed by atoms with Gasteiger partial charge in [-0.2, -0.15) is 0 Å². The van der Waals surface area contributed by atoms with Crippen LogP contribution in [0.15, 0.2) is 48.0 Å². The molecular weight excluding hydrogens is 304 g/mol.